The molecule has 0 amide bonds. The fraction of sp³-hybridized carbons (Fsp3) is 0.889. The van der Waals surface area contributed by atoms with Gasteiger partial charge >= 0.3 is 5.97 Å². The topological polar surface area (TPSA) is 57.5 Å². The average molecular weight is 180 g/mol. The van der Waals surface area contributed by atoms with Crippen LogP contribution in [0.4, 0.5) is 0 Å². The summed E-state index contributed by atoms with van der Waals surface area (Å²) in [5.74, 6) is -1.00. The minimum absolute atomic E-state index is 0.0463. The highest BCUT2D eigenvalue weighted by Gasteiger charge is 2.90. The van der Waals surface area contributed by atoms with Crippen molar-refractivity contribution in [1.82, 2.24) is 0 Å². The van der Waals surface area contributed by atoms with Crippen LogP contribution in [0, 0.1) is 16.7 Å². The number of carboxylic acids is 1. The number of aliphatic hydroxyl groups is 1. The minimum atomic E-state index is -1.48. The molecule has 3 saturated carbocycles. The van der Waals surface area contributed by atoms with Gasteiger partial charge < -0.3 is 10.2 Å². The third-order valence-electron chi connectivity index (χ3n) is 4.59. The van der Waals surface area contributed by atoms with Gasteiger partial charge in [-0.3, -0.25) is 0 Å². The van der Waals surface area contributed by atoms with E-state index >= 15 is 0 Å². The quantitative estimate of drug-likeness (QED) is 0.567. The zero-order valence-electron chi connectivity index (χ0n) is 7.71. The Labute approximate surface area is 77.5 Å². The molecule has 2 spiro atoms. The van der Waals surface area contributed by atoms with Crippen molar-refractivity contribution in [2.45, 2.75) is 31.2 Å². The first-order valence-electron chi connectivity index (χ1n) is 4.93. The van der Waals surface area contributed by atoms with E-state index in [4.69, 9.17) is 5.11 Å². The third kappa shape index (κ3) is 0.632. The van der Waals surface area contributed by atoms with E-state index in [1.165, 1.54) is 7.85 Å². The van der Waals surface area contributed by atoms with Crippen molar-refractivity contribution in [2.75, 3.05) is 0 Å². The molecule has 0 radical (unpaired) electrons. The summed E-state index contributed by atoms with van der Waals surface area (Å²) >= 11 is 0. The molecule has 0 aliphatic heterocycles. The van der Waals surface area contributed by atoms with Gasteiger partial charge in [0.2, 0.25) is 0 Å². The second-order valence-electron chi connectivity index (χ2n) is 5.20. The molecule has 0 bridgehead atoms. The van der Waals surface area contributed by atoms with Crippen LogP contribution in [-0.2, 0) is 4.79 Å². The van der Waals surface area contributed by atoms with Gasteiger partial charge in [0, 0.05) is 5.92 Å². The molecule has 0 saturated heterocycles. The highest BCUT2D eigenvalue weighted by atomic mass is 16.4. The highest BCUT2D eigenvalue weighted by molar-refractivity contribution is 6.26. The van der Waals surface area contributed by atoms with Crippen molar-refractivity contribution < 1.29 is 15.0 Å². The van der Waals surface area contributed by atoms with Gasteiger partial charge in [0.25, 0.3) is 0 Å². The van der Waals surface area contributed by atoms with Gasteiger partial charge in [0.05, 0.1) is 0 Å². The fourth-order valence-corrected chi connectivity index (χ4v) is 3.78. The van der Waals surface area contributed by atoms with Crippen molar-refractivity contribution in [3.8, 4) is 0 Å². The van der Waals surface area contributed by atoms with Gasteiger partial charge in [-0.2, -0.15) is 0 Å². The lowest BCUT2D eigenvalue weighted by molar-refractivity contribution is -0.152. The lowest BCUT2D eigenvalue weighted by Crippen LogP contribution is -2.42. The summed E-state index contributed by atoms with van der Waals surface area (Å²) in [4.78, 5) is 10.9. The van der Waals surface area contributed by atoms with Crippen LogP contribution in [0.1, 0.15) is 25.7 Å². The molecule has 70 valence electrons. The molecule has 13 heavy (non-hydrogen) atoms. The molecule has 1 atom stereocenters. The number of hydrogen-bond acceptors (Lipinski definition) is 2. The van der Waals surface area contributed by atoms with E-state index in [0.29, 0.717) is 0 Å². The van der Waals surface area contributed by atoms with Gasteiger partial charge in [0.15, 0.2) is 7.85 Å². The van der Waals surface area contributed by atoms with E-state index in [1.54, 1.807) is 0 Å². The predicted octanol–water partition coefficient (Wildman–Crippen LogP) is -0.417. The Kier molecular flexibility index (Phi) is 1.01. The van der Waals surface area contributed by atoms with Crippen LogP contribution in [0.3, 0.4) is 0 Å². The molecule has 0 aromatic carbocycles. The summed E-state index contributed by atoms with van der Waals surface area (Å²) in [6, 6.07) is 0. The summed E-state index contributed by atoms with van der Waals surface area (Å²) in [6.45, 7) is 0. The molecular formula is C9H13BO3. The van der Waals surface area contributed by atoms with E-state index in [1.807, 2.05) is 0 Å². The number of carboxylic acid groups (broad SMARTS) is 1. The fourth-order valence-electron chi connectivity index (χ4n) is 3.78. The monoisotopic (exact) mass is 180 g/mol. The Balaban J connectivity index is 1.92. The molecule has 0 aromatic heterocycles. The first kappa shape index (κ1) is 7.86. The molecule has 3 aliphatic carbocycles. The van der Waals surface area contributed by atoms with Crippen LogP contribution in [0.25, 0.3) is 0 Å². The highest BCUT2D eigenvalue weighted by Crippen LogP contribution is 2.93. The average Bonchev–Trinajstić information content (AvgIpc) is 2.82. The number of rotatable bonds is 2. The van der Waals surface area contributed by atoms with Crippen molar-refractivity contribution in [3.05, 3.63) is 0 Å². The van der Waals surface area contributed by atoms with Crippen molar-refractivity contribution in [3.63, 3.8) is 0 Å². The largest absolute Gasteiger partial charge is 0.480 e. The van der Waals surface area contributed by atoms with E-state index in [2.05, 4.69) is 0 Å². The molecule has 3 aliphatic rings. The normalized spacial score (nSPS) is 39.9. The van der Waals surface area contributed by atoms with Crippen LogP contribution < -0.4 is 0 Å². The van der Waals surface area contributed by atoms with Gasteiger partial charge in [0.1, 0.15) is 5.50 Å². The maximum atomic E-state index is 10.9. The lowest BCUT2D eigenvalue weighted by Gasteiger charge is -2.18. The second-order valence-corrected chi connectivity index (χ2v) is 5.20. The van der Waals surface area contributed by atoms with Crippen LogP contribution in [-0.4, -0.2) is 29.5 Å². The maximum absolute atomic E-state index is 10.9. The van der Waals surface area contributed by atoms with Crippen LogP contribution in [0.5, 0.6) is 0 Å². The summed E-state index contributed by atoms with van der Waals surface area (Å²) in [5, 5.41) is 18.8. The Morgan fingerprint density at radius 2 is 1.69 bits per heavy atom. The summed E-state index contributed by atoms with van der Waals surface area (Å²) in [6.07, 6.45) is 4.56. The Morgan fingerprint density at radius 3 is 1.92 bits per heavy atom. The smallest absolute Gasteiger partial charge is 0.326 e. The minimum Gasteiger partial charge on any atom is -0.480 e. The molecule has 0 aromatic rings. The summed E-state index contributed by atoms with van der Waals surface area (Å²) < 4.78 is 0. The van der Waals surface area contributed by atoms with Gasteiger partial charge in [-0.1, -0.05) is 0 Å². The molecular weight excluding hydrogens is 167 g/mol. The number of carbonyl (C=O) groups is 1. The van der Waals surface area contributed by atoms with Crippen molar-refractivity contribution in [1.29, 1.82) is 0 Å². The molecule has 3 rings (SSSR count). The molecule has 1 unspecified atom stereocenters. The number of fused-ring (bicyclic) bond motifs is 1. The van der Waals surface area contributed by atoms with E-state index < -0.39 is 11.5 Å². The zero-order valence-corrected chi connectivity index (χ0v) is 7.71. The zero-order chi connectivity index (χ0) is 9.48. The lowest BCUT2D eigenvalue weighted by atomic mass is 9.75. The van der Waals surface area contributed by atoms with Gasteiger partial charge in [-0.25, -0.2) is 4.79 Å². The molecule has 2 N–H and O–H groups in total. The Bertz CT molecular complexity index is 284. The second kappa shape index (κ2) is 1.67. The predicted molar refractivity (Wildman–Crippen MR) is 48.0 cm³/mol. The number of aliphatic carboxylic acids is 1. The summed E-state index contributed by atoms with van der Waals surface area (Å²) in [7, 11) is 1.47. The Morgan fingerprint density at radius 1 is 1.31 bits per heavy atom. The number of hydrogen-bond donors (Lipinski definition) is 2. The maximum Gasteiger partial charge on any atom is 0.326 e. The van der Waals surface area contributed by atoms with Crippen LogP contribution >= 0.6 is 0 Å². The molecule has 3 nitrogen and oxygen atoms in total. The van der Waals surface area contributed by atoms with Crippen molar-refractivity contribution in [2.24, 2.45) is 16.7 Å². The van der Waals surface area contributed by atoms with Crippen LogP contribution in [0.15, 0.2) is 0 Å². The summed E-state index contributed by atoms with van der Waals surface area (Å²) in [5.41, 5.74) is -0.962. The van der Waals surface area contributed by atoms with Crippen LogP contribution in [0.2, 0.25) is 0 Å². The van der Waals surface area contributed by atoms with E-state index in [-0.39, 0.29) is 16.7 Å². The van der Waals surface area contributed by atoms with Crippen molar-refractivity contribution >= 4 is 13.8 Å². The van der Waals surface area contributed by atoms with E-state index in [9.17, 15) is 9.90 Å². The first-order valence-corrected chi connectivity index (χ1v) is 4.93. The van der Waals surface area contributed by atoms with Gasteiger partial charge in [-0.05, 0) is 36.5 Å². The third-order valence-corrected chi connectivity index (χ3v) is 4.59. The Hall–Kier alpha value is -0.505. The molecule has 4 heteroatoms. The molecule has 3 fully saturated rings. The van der Waals surface area contributed by atoms with Gasteiger partial charge in [-0.15, -0.1) is 0 Å². The standard InChI is InChI=1S/C9H13BO3/c10-9(13,6(11)12)5-7(1-2-7)8(5)3-4-8/h5,13H,1-4,10H2,(H,11,12). The molecule has 0 heterocycles. The SMILES string of the molecule is BC(O)(C(=O)O)C1C2(CC2)C12CC2. The first-order chi connectivity index (χ1) is 5.97. The van der Waals surface area contributed by atoms with E-state index in [0.717, 1.165) is 25.7 Å².